The first kappa shape index (κ1) is 24.5. The maximum Gasteiger partial charge on any atom is 0.330 e. The fourth-order valence-electron chi connectivity index (χ4n) is 5.26. The van der Waals surface area contributed by atoms with E-state index in [1.807, 2.05) is 0 Å². The minimum atomic E-state index is -0.702. The summed E-state index contributed by atoms with van der Waals surface area (Å²) < 4.78 is 10.7. The maximum atomic E-state index is 12.3. The molecule has 168 valence electrons. The number of esters is 2. The third-order valence-electron chi connectivity index (χ3n) is 7.10. The van der Waals surface area contributed by atoms with Crippen LogP contribution < -0.4 is 0 Å². The van der Waals surface area contributed by atoms with Crippen LogP contribution in [0, 0.1) is 30.1 Å². The molecule has 0 heterocycles. The van der Waals surface area contributed by atoms with Gasteiger partial charge in [0.25, 0.3) is 0 Å². The molecule has 0 aromatic rings. The van der Waals surface area contributed by atoms with Crippen LogP contribution in [0.1, 0.15) is 96.8 Å². The van der Waals surface area contributed by atoms with Crippen molar-refractivity contribution in [2.24, 2.45) is 17.8 Å². The molecule has 4 heteroatoms. The molecule has 4 nitrogen and oxygen atoms in total. The van der Waals surface area contributed by atoms with E-state index in [9.17, 15) is 9.59 Å². The second-order valence-corrected chi connectivity index (χ2v) is 9.20. The molecule has 0 aromatic carbocycles. The monoisotopic (exact) mass is 416 g/mol. The fourth-order valence-corrected chi connectivity index (χ4v) is 5.26. The van der Waals surface area contributed by atoms with Gasteiger partial charge in [-0.15, -0.1) is 6.42 Å². The first-order valence-electron chi connectivity index (χ1n) is 12.0. The van der Waals surface area contributed by atoms with Gasteiger partial charge in [-0.05, 0) is 75.5 Å². The van der Waals surface area contributed by atoms with Gasteiger partial charge in [-0.25, -0.2) is 4.79 Å². The van der Waals surface area contributed by atoms with Gasteiger partial charge in [-0.3, -0.25) is 4.79 Å². The standard InChI is InChI=1S/C26H40O4/c1-4-10-21-12-14-22(15-13-21)23-16-18-26(6-3,19-17-23)30-25(28)11-8-7-9-20-29-24(27)5-2/h3,5,21-23H,2,4,7-20H2,1H3. The van der Waals surface area contributed by atoms with E-state index in [4.69, 9.17) is 15.9 Å². The third-order valence-corrected chi connectivity index (χ3v) is 7.10. The molecular formula is C26H40O4. The van der Waals surface area contributed by atoms with E-state index >= 15 is 0 Å². The summed E-state index contributed by atoms with van der Waals surface area (Å²) in [5, 5.41) is 0. The smallest absolute Gasteiger partial charge is 0.330 e. The van der Waals surface area contributed by atoms with Crippen molar-refractivity contribution in [3.05, 3.63) is 12.7 Å². The summed E-state index contributed by atoms with van der Waals surface area (Å²) in [4.78, 5) is 23.3. The molecule has 2 aliphatic carbocycles. The van der Waals surface area contributed by atoms with Crippen LogP contribution in [-0.2, 0) is 19.1 Å². The SMILES string of the molecule is C#CC1(OC(=O)CCCCCOC(=O)C=C)CCC(C2CCC(CCC)CC2)CC1. The number of rotatable bonds is 11. The third kappa shape index (κ3) is 7.82. The van der Waals surface area contributed by atoms with Crippen molar-refractivity contribution in [1.29, 1.82) is 0 Å². The molecule has 0 radical (unpaired) electrons. The van der Waals surface area contributed by atoms with Crippen LogP contribution in [0.15, 0.2) is 12.7 Å². The minimum Gasteiger partial charge on any atom is -0.463 e. The van der Waals surface area contributed by atoms with Crippen molar-refractivity contribution in [2.75, 3.05) is 6.61 Å². The van der Waals surface area contributed by atoms with Crippen molar-refractivity contribution in [2.45, 2.75) is 102 Å². The molecule has 0 amide bonds. The van der Waals surface area contributed by atoms with Crippen LogP contribution >= 0.6 is 0 Å². The molecule has 0 bridgehead atoms. The Morgan fingerprint density at radius 2 is 1.73 bits per heavy atom. The number of unbranched alkanes of at least 4 members (excludes halogenated alkanes) is 2. The van der Waals surface area contributed by atoms with Gasteiger partial charge in [0.2, 0.25) is 0 Å². The summed E-state index contributed by atoms with van der Waals surface area (Å²) in [7, 11) is 0. The molecular weight excluding hydrogens is 376 g/mol. The number of carbonyl (C=O) groups excluding carboxylic acids is 2. The lowest BCUT2D eigenvalue weighted by atomic mass is 9.68. The molecule has 0 atom stereocenters. The van der Waals surface area contributed by atoms with Gasteiger partial charge in [0.15, 0.2) is 5.60 Å². The number of terminal acetylenes is 1. The zero-order valence-electron chi connectivity index (χ0n) is 18.8. The topological polar surface area (TPSA) is 52.6 Å². The highest BCUT2D eigenvalue weighted by Crippen LogP contribution is 2.44. The van der Waals surface area contributed by atoms with E-state index in [2.05, 4.69) is 19.4 Å². The molecule has 30 heavy (non-hydrogen) atoms. The molecule has 0 N–H and O–H groups in total. The molecule has 0 aliphatic heterocycles. The average Bonchev–Trinajstić information content (AvgIpc) is 2.77. The number of carbonyl (C=O) groups is 2. The molecule has 0 aromatic heterocycles. The Balaban J connectivity index is 1.66. The second-order valence-electron chi connectivity index (χ2n) is 9.20. The number of hydrogen-bond acceptors (Lipinski definition) is 4. The summed E-state index contributed by atoms with van der Waals surface area (Å²) in [6, 6.07) is 0. The van der Waals surface area contributed by atoms with Crippen LogP contribution in [0.3, 0.4) is 0 Å². The van der Waals surface area contributed by atoms with Gasteiger partial charge in [-0.2, -0.15) is 0 Å². The van der Waals surface area contributed by atoms with Gasteiger partial charge >= 0.3 is 11.9 Å². The molecule has 0 saturated heterocycles. The minimum absolute atomic E-state index is 0.199. The van der Waals surface area contributed by atoms with Crippen LogP contribution in [0.25, 0.3) is 0 Å². The van der Waals surface area contributed by atoms with Gasteiger partial charge in [0, 0.05) is 12.5 Å². The first-order valence-corrected chi connectivity index (χ1v) is 12.0. The quantitative estimate of drug-likeness (QED) is 0.180. The predicted octanol–water partition coefficient (Wildman–Crippen LogP) is 5.99. The Morgan fingerprint density at radius 1 is 1.07 bits per heavy atom. The molecule has 2 fully saturated rings. The molecule has 2 saturated carbocycles. The first-order chi connectivity index (χ1) is 14.5. The number of hydrogen-bond donors (Lipinski definition) is 0. The van der Waals surface area contributed by atoms with E-state index in [0.29, 0.717) is 13.0 Å². The highest BCUT2D eigenvalue weighted by Gasteiger charge is 2.39. The van der Waals surface area contributed by atoms with Crippen molar-refractivity contribution in [3.8, 4) is 12.3 Å². The lowest BCUT2D eigenvalue weighted by Gasteiger charge is -2.41. The van der Waals surface area contributed by atoms with Gasteiger partial charge in [-0.1, -0.05) is 45.1 Å². The van der Waals surface area contributed by atoms with Crippen molar-refractivity contribution >= 4 is 11.9 Å². The van der Waals surface area contributed by atoms with Crippen LogP contribution in [0.4, 0.5) is 0 Å². The summed E-state index contributed by atoms with van der Waals surface area (Å²) >= 11 is 0. The molecule has 0 spiro atoms. The second kappa shape index (κ2) is 12.8. The lowest BCUT2D eigenvalue weighted by molar-refractivity contribution is -0.158. The summed E-state index contributed by atoms with van der Waals surface area (Å²) in [6.45, 7) is 6.00. The molecule has 2 aliphatic rings. The van der Waals surface area contributed by atoms with Gasteiger partial charge in [0.05, 0.1) is 6.61 Å². The Morgan fingerprint density at radius 3 is 2.33 bits per heavy atom. The summed E-state index contributed by atoms with van der Waals surface area (Å²) in [5.41, 5.74) is -0.702. The fraction of sp³-hybridized carbons (Fsp3) is 0.769. The van der Waals surface area contributed by atoms with E-state index < -0.39 is 11.6 Å². The van der Waals surface area contributed by atoms with Crippen molar-refractivity contribution < 1.29 is 19.1 Å². The van der Waals surface area contributed by atoms with E-state index in [1.165, 1.54) is 38.5 Å². The lowest BCUT2D eigenvalue weighted by Crippen LogP contribution is -2.39. The Bertz CT molecular complexity index is 587. The normalized spacial score (nSPS) is 28.9. The highest BCUT2D eigenvalue weighted by molar-refractivity contribution is 5.81. The van der Waals surface area contributed by atoms with Crippen LogP contribution in [0.2, 0.25) is 0 Å². The molecule has 2 rings (SSSR count). The summed E-state index contributed by atoms with van der Waals surface area (Å²) in [6.07, 6.45) is 21.5. The van der Waals surface area contributed by atoms with E-state index in [0.717, 1.165) is 68.8 Å². The van der Waals surface area contributed by atoms with Crippen molar-refractivity contribution in [3.63, 3.8) is 0 Å². The zero-order chi connectivity index (χ0) is 21.8. The maximum absolute atomic E-state index is 12.3. The highest BCUT2D eigenvalue weighted by atomic mass is 16.6. The van der Waals surface area contributed by atoms with Gasteiger partial charge in [0.1, 0.15) is 0 Å². The zero-order valence-corrected chi connectivity index (χ0v) is 18.8. The Labute approximate surface area is 183 Å². The summed E-state index contributed by atoms with van der Waals surface area (Å²) in [5.74, 6) is 4.72. The van der Waals surface area contributed by atoms with Crippen molar-refractivity contribution in [1.82, 2.24) is 0 Å². The van der Waals surface area contributed by atoms with Gasteiger partial charge < -0.3 is 9.47 Å². The Kier molecular flexibility index (Phi) is 10.5. The number of ether oxygens (including phenoxy) is 2. The van der Waals surface area contributed by atoms with E-state index in [-0.39, 0.29) is 5.97 Å². The van der Waals surface area contributed by atoms with Crippen LogP contribution in [-0.4, -0.2) is 24.1 Å². The predicted molar refractivity (Wildman–Crippen MR) is 120 cm³/mol. The Hall–Kier alpha value is -1.76. The van der Waals surface area contributed by atoms with Crippen LogP contribution in [0.5, 0.6) is 0 Å². The average molecular weight is 417 g/mol. The largest absolute Gasteiger partial charge is 0.463 e. The van der Waals surface area contributed by atoms with E-state index in [1.54, 1.807) is 0 Å². The molecule has 0 unspecified atom stereocenters.